The second kappa shape index (κ2) is 40.6. The van der Waals surface area contributed by atoms with Crippen LogP contribution in [-0.2, 0) is 0 Å². The molecule has 0 aliphatic heterocycles. The minimum atomic E-state index is 0. The van der Waals surface area contributed by atoms with Crippen molar-refractivity contribution in [3.05, 3.63) is 5.32 Å². The fraction of sp³-hybridized carbons (Fsp3) is 1.00. The summed E-state index contributed by atoms with van der Waals surface area (Å²) in [5, 5.41) is 3.50. The molecule has 0 saturated carbocycles. The van der Waals surface area contributed by atoms with E-state index in [0.717, 1.165) is 0 Å². The van der Waals surface area contributed by atoms with E-state index in [1.807, 2.05) is 0 Å². The van der Waals surface area contributed by atoms with E-state index in [9.17, 15) is 0 Å². The van der Waals surface area contributed by atoms with E-state index in [1.165, 1.54) is 0 Å². The summed E-state index contributed by atoms with van der Waals surface area (Å²) in [5.41, 5.74) is 0. The summed E-state index contributed by atoms with van der Waals surface area (Å²) in [4.78, 5) is 0. The Hall–Kier alpha value is 0.830. The van der Waals surface area contributed by atoms with Gasteiger partial charge in [-0.05, 0) is 0 Å². The van der Waals surface area contributed by atoms with Gasteiger partial charge >= 0.3 is 25.8 Å². The van der Waals surface area contributed by atoms with Crippen molar-refractivity contribution in [2.24, 2.45) is 0 Å². The molecule has 0 aliphatic carbocycles. The summed E-state index contributed by atoms with van der Waals surface area (Å²) >= 11 is 0. The van der Waals surface area contributed by atoms with Crippen molar-refractivity contribution in [3.8, 4) is 0 Å². The fourth-order valence-corrected chi connectivity index (χ4v) is 0. The summed E-state index contributed by atoms with van der Waals surface area (Å²) in [7, 11) is 3.50. The maximum atomic E-state index is 3.50. The average molecular weight is 191 g/mol. The maximum absolute atomic E-state index is 3.50. The Morgan fingerprint density at radius 3 is 1.00 bits per heavy atom. The van der Waals surface area contributed by atoms with Crippen LogP contribution in [0.2, 0.25) is 0 Å². The molecule has 0 aliphatic rings. The van der Waals surface area contributed by atoms with Gasteiger partial charge in [0.25, 0.3) is 0 Å². The Balaban J connectivity index is -0.00000000667. The van der Waals surface area contributed by atoms with Crippen LogP contribution >= 0.6 is 0 Å². The third kappa shape index (κ3) is 103. The van der Waals surface area contributed by atoms with Crippen molar-refractivity contribution in [2.45, 2.75) is 14.9 Å². The molecular formula is C4H14InN. The molecule has 0 heterocycles. The molecular weight excluding hydrogens is 177 g/mol. The summed E-state index contributed by atoms with van der Waals surface area (Å²) in [5.74, 6) is 0. The predicted molar refractivity (Wildman–Crippen MR) is 34.4 cm³/mol. The molecule has 0 atom stereocenters. The minimum absolute atomic E-state index is 0. The van der Waals surface area contributed by atoms with Gasteiger partial charge in [0.1, 0.15) is 0 Å². The second-order valence-electron chi connectivity index (χ2n) is 0.447. The molecule has 38 valence electrons. The summed E-state index contributed by atoms with van der Waals surface area (Å²) in [6.45, 7) is 0. The van der Waals surface area contributed by atoms with E-state index in [0.29, 0.717) is 0 Å². The first-order chi connectivity index (χ1) is 1.41. The van der Waals surface area contributed by atoms with Crippen LogP contribution in [0.1, 0.15) is 14.9 Å². The number of hydrogen-bond donors (Lipinski definition) is 0. The van der Waals surface area contributed by atoms with E-state index in [-0.39, 0.29) is 40.7 Å². The molecule has 0 aromatic carbocycles. The quantitative estimate of drug-likeness (QED) is 0.550. The molecule has 0 rings (SSSR count). The molecule has 0 N–H and O–H groups in total. The Bertz CT molecular complexity index is 7.51. The van der Waals surface area contributed by atoms with Crippen LogP contribution in [0.4, 0.5) is 0 Å². The molecule has 2 radical (unpaired) electrons. The van der Waals surface area contributed by atoms with Crippen molar-refractivity contribution in [1.82, 2.24) is 0 Å². The van der Waals surface area contributed by atoms with Gasteiger partial charge in [0.05, 0.1) is 0 Å². The Kier molecular flexibility index (Phi) is 196. The molecule has 0 aromatic rings. The summed E-state index contributed by atoms with van der Waals surface area (Å²) in [6.07, 6.45) is 0. The third-order valence-corrected chi connectivity index (χ3v) is 0. The van der Waals surface area contributed by atoms with Crippen LogP contribution in [0.15, 0.2) is 0 Å². The largest absolute Gasteiger partial charge is 1.00 e. The zero-order valence-electron chi connectivity index (χ0n) is 3.02. The van der Waals surface area contributed by atoms with Crippen LogP contribution < -0.4 is 0 Å². The first-order valence-electron chi connectivity index (χ1n) is 0.894. The normalized spacial score (nSPS) is 3.00. The SMILES string of the molecule is C.C.C[N-]C.[In+]. The van der Waals surface area contributed by atoms with Gasteiger partial charge in [0, 0.05) is 0 Å². The molecule has 1 nitrogen and oxygen atoms in total. The van der Waals surface area contributed by atoms with Crippen molar-refractivity contribution in [3.63, 3.8) is 0 Å². The van der Waals surface area contributed by atoms with Gasteiger partial charge in [-0.2, -0.15) is 14.1 Å². The number of rotatable bonds is 0. The smallest absolute Gasteiger partial charge is 0.668 e. The van der Waals surface area contributed by atoms with Gasteiger partial charge in [0.2, 0.25) is 0 Å². The van der Waals surface area contributed by atoms with Crippen LogP contribution in [0, 0.1) is 0 Å². The number of nitrogens with zero attached hydrogens (tertiary/aromatic N) is 1. The molecule has 0 amide bonds. The molecule has 0 fully saturated rings. The molecule has 0 aromatic heterocycles. The van der Waals surface area contributed by atoms with Gasteiger partial charge in [-0.3, -0.25) is 0 Å². The van der Waals surface area contributed by atoms with Gasteiger partial charge in [-0.15, -0.1) is 0 Å². The molecule has 6 heavy (non-hydrogen) atoms. The van der Waals surface area contributed by atoms with Crippen LogP contribution in [0.3, 0.4) is 0 Å². The zero-order chi connectivity index (χ0) is 2.71. The van der Waals surface area contributed by atoms with E-state index >= 15 is 0 Å². The van der Waals surface area contributed by atoms with Crippen LogP contribution in [0.25, 0.3) is 5.32 Å². The van der Waals surface area contributed by atoms with Gasteiger partial charge in [0.15, 0.2) is 0 Å². The monoisotopic (exact) mass is 191 g/mol. The third-order valence-electron chi connectivity index (χ3n) is 0. The van der Waals surface area contributed by atoms with Crippen LogP contribution in [-0.4, -0.2) is 39.9 Å². The van der Waals surface area contributed by atoms with E-state index in [1.54, 1.807) is 14.1 Å². The van der Waals surface area contributed by atoms with Crippen molar-refractivity contribution < 1.29 is 0 Å². The van der Waals surface area contributed by atoms with Gasteiger partial charge in [-0.25, -0.2) is 0 Å². The minimum Gasteiger partial charge on any atom is -0.668 e. The fourth-order valence-electron chi connectivity index (χ4n) is 0. The van der Waals surface area contributed by atoms with Crippen molar-refractivity contribution in [2.75, 3.05) is 14.1 Å². The summed E-state index contributed by atoms with van der Waals surface area (Å²) < 4.78 is 0. The average Bonchev–Trinajstić information content (AvgIpc) is 0.918. The van der Waals surface area contributed by atoms with Crippen LogP contribution in [0.5, 0.6) is 0 Å². The molecule has 2 heteroatoms. The summed E-state index contributed by atoms with van der Waals surface area (Å²) in [6, 6.07) is 0. The molecule has 0 bridgehead atoms. The Morgan fingerprint density at radius 2 is 1.00 bits per heavy atom. The Labute approximate surface area is 60.3 Å². The molecule has 0 saturated heterocycles. The second-order valence-corrected chi connectivity index (χ2v) is 0.447. The van der Waals surface area contributed by atoms with E-state index in [4.69, 9.17) is 0 Å². The topological polar surface area (TPSA) is 14.1 Å². The van der Waals surface area contributed by atoms with Crippen molar-refractivity contribution in [1.29, 1.82) is 0 Å². The van der Waals surface area contributed by atoms with Crippen molar-refractivity contribution >= 4 is 25.8 Å². The first-order valence-corrected chi connectivity index (χ1v) is 0.894. The standard InChI is InChI=1S/C2H6N.2CH4.In/c1-3-2;;;/h1-2H3;2*1H4;/q-1;;;+1. The molecule has 0 unspecified atom stereocenters. The van der Waals surface area contributed by atoms with E-state index < -0.39 is 0 Å². The van der Waals surface area contributed by atoms with Gasteiger partial charge < -0.3 is 5.32 Å². The van der Waals surface area contributed by atoms with Gasteiger partial charge in [-0.1, -0.05) is 14.9 Å². The predicted octanol–water partition coefficient (Wildman–Crippen LogP) is 1.51. The first kappa shape index (κ1) is 29.0. The van der Waals surface area contributed by atoms with E-state index in [2.05, 4.69) is 5.32 Å². The maximum Gasteiger partial charge on any atom is 1.00 e. The Morgan fingerprint density at radius 1 is 1.00 bits per heavy atom. The zero-order valence-corrected chi connectivity index (χ0v) is 6.32. The molecule has 0 spiro atoms. The number of hydrogen-bond acceptors (Lipinski definition) is 0.